The summed E-state index contributed by atoms with van der Waals surface area (Å²) in [4.78, 5) is 0. The Kier molecular flexibility index (Phi) is 10.3. The zero-order valence-electron chi connectivity index (χ0n) is 9.51. The number of hydrogen-bond donors (Lipinski definition) is 1. The molecule has 0 bridgehead atoms. The van der Waals surface area contributed by atoms with Crippen molar-refractivity contribution in [3.8, 4) is 0 Å². The van der Waals surface area contributed by atoms with E-state index in [0.29, 0.717) is 13.2 Å². The average molecular weight is 244 g/mol. The van der Waals surface area contributed by atoms with Crippen LogP contribution in [0.5, 0.6) is 0 Å². The number of quaternary nitrogens is 1. The third kappa shape index (κ3) is 4.25. The molecule has 1 atom stereocenters. The molecule has 0 heterocycles. The van der Waals surface area contributed by atoms with Crippen molar-refractivity contribution < 1.29 is 31.4 Å². The Morgan fingerprint density at radius 1 is 1.14 bits per heavy atom. The Morgan fingerprint density at radius 2 is 1.57 bits per heavy atom. The summed E-state index contributed by atoms with van der Waals surface area (Å²) in [5.74, 6) is 0. The molecule has 0 fully saturated rings. The van der Waals surface area contributed by atoms with Crippen LogP contribution >= 0.6 is 0 Å². The quantitative estimate of drug-likeness (QED) is 0.492. The minimum absolute atomic E-state index is 0. The topological polar surface area (TPSA) is 55.3 Å². The van der Waals surface area contributed by atoms with Crippen molar-refractivity contribution in [1.29, 1.82) is 0 Å². The molecule has 0 aromatic rings. The molecule has 4 nitrogen and oxygen atoms in total. The lowest BCUT2D eigenvalue weighted by Gasteiger charge is -2.28. The highest BCUT2D eigenvalue weighted by atomic mass is 35.5. The molecule has 0 spiro atoms. The first-order valence-corrected chi connectivity index (χ1v) is 6.63. The summed E-state index contributed by atoms with van der Waals surface area (Å²) < 4.78 is 16.6. The van der Waals surface area contributed by atoms with Gasteiger partial charge in [0, 0.05) is 26.7 Å². The normalized spacial score (nSPS) is 13.5. The van der Waals surface area contributed by atoms with Gasteiger partial charge in [0.2, 0.25) is 0 Å². The van der Waals surface area contributed by atoms with Crippen molar-refractivity contribution in [3.05, 3.63) is 0 Å². The van der Waals surface area contributed by atoms with Crippen molar-refractivity contribution in [2.24, 2.45) is 0 Å². The molecule has 0 aliphatic heterocycles. The molecular formula is C8H22ClNO3Si. The summed E-state index contributed by atoms with van der Waals surface area (Å²) in [5, 5.41) is 0. The molecule has 0 aromatic heterocycles. The highest BCUT2D eigenvalue weighted by molar-refractivity contribution is 6.61. The van der Waals surface area contributed by atoms with Crippen LogP contribution in [0.15, 0.2) is 0 Å². The molecule has 0 rings (SSSR count). The van der Waals surface area contributed by atoms with Crippen LogP contribution in [-0.4, -0.2) is 34.8 Å². The van der Waals surface area contributed by atoms with Crippen molar-refractivity contribution >= 4 is 8.80 Å². The predicted molar refractivity (Wildman–Crippen MR) is 53.0 cm³/mol. The molecule has 3 N–H and O–H groups in total. The van der Waals surface area contributed by atoms with Crippen molar-refractivity contribution in [2.45, 2.75) is 32.9 Å². The largest absolute Gasteiger partial charge is 1.00 e. The fourth-order valence-electron chi connectivity index (χ4n) is 1.21. The summed E-state index contributed by atoms with van der Waals surface area (Å²) in [6, 6.07) is 0. The van der Waals surface area contributed by atoms with Crippen LogP contribution in [0.25, 0.3) is 0 Å². The summed E-state index contributed by atoms with van der Waals surface area (Å²) in [5.41, 5.74) is 4.15. The molecule has 0 aliphatic rings. The van der Waals surface area contributed by atoms with Gasteiger partial charge in [-0.3, -0.25) is 0 Å². The van der Waals surface area contributed by atoms with E-state index in [-0.39, 0.29) is 18.1 Å². The van der Waals surface area contributed by atoms with Gasteiger partial charge in [-0.05, 0) is 13.8 Å². The van der Waals surface area contributed by atoms with Crippen LogP contribution in [0.4, 0.5) is 0 Å². The Balaban J connectivity index is 0. The van der Waals surface area contributed by atoms with Crippen molar-refractivity contribution in [2.75, 3.05) is 20.3 Å². The van der Waals surface area contributed by atoms with Crippen LogP contribution in [-0.2, 0) is 13.3 Å². The molecule has 0 aliphatic carbocycles. The summed E-state index contributed by atoms with van der Waals surface area (Å²) >= 11 is 0. The van der Waals surface area contributed by atoms with E-state index in [2.05, 4.69) is 12.7 Å². The van der Waals surface area contributed by atoms with Gasteiger partial charge >= 0.3 is 8.80 Å². The van der Waals surface area contributed by atoms with E-state index in [1.807, 2.05) is 13.8 Å². The van der Waals surface area contributed by atoms with Gasteiger partial charge in [-0.15, -0.1) is 0 Å². The maximum atomic E-state index is 5.60. The molecule has 1 unspecified atom stereocenters. The van der Waals surface area contributed by atoms with Gasteiger partial charge in [-0.2, -0.15) is 0 Å². The maximum Gasteiger partial charge on any atom is 0.561 e. The Morgan fingerprint density at radius 3 is 1.79 bits per heavy atom. The van der Waals surface area contributed by atoms with Gasteiger partial charge in [0.25, 0.3) is 0 Å². The third-order valence-corrected chi connectivity index (χ3v) is 5.33. The third-order valence-electron chi connectivity index (χ3n) is 1.97. The van der Waals surface area contributed by atoms with Crippen molar-refractivity contribution in [3.63, 3.8) is 0 Å². The van der Waals surface area contributed by atoms with Gasteiger partial charge in [-0.25, -0.2) is 0 Å². The van der Waals surface area contributed by atoms with Gasteiger partial charge < -0.3 is 31.4 Å². The zero-order valence-corrected chi connectivity index (χ0v) is 11.3. The molecule has 0 saturated heterocycles. The summed E-state index contributed by atoms with van der Waals surface area (Å²) in [6.45, 7) is 7.19. The highest BCUT2D eigenvalue weighted by Crippen LogP contribution is 2.13. The number of hydrogen-bond acceptors (Lipinski definition) is 3. The molecule has 88 valence electrons. The van der Waals surface area contributed by atoms with Crippen LogP contribution in [0.3, 0.4) is 0 Å². The van der Waals surface area contributed by atoms with Crippen LogP contribution < -0.4 is 18.1 Å². The van der Waals surface area contributed by atoms with E-state index in [1.54, 1.807) is 7.11 Å². The second kappa shape index (κ2) is 8.64. The maximum absolute atomic E-state index is 5.60. The first-order chi connectivity index (χ1) is 6.16. The van der Waals surface area contributed by atoms with Crippen LogP contribution in [0.2, 0.25) is 0 Å². The first-order valence-electron chi connectivity index (χ1n) is 4.82. The van der Waals surface area contributed by atoms with Gasteiger partial charge in [0.15, 0.2) is 5.67 Å². The standard InChI is InChI=1S/C8H21NO3Si.ClH/c1-5-8(9)13(10-4,11-6-2)12-7-3;/h8H,5-7,9H2,1-4H3;1H. The highest BCUT2D eigenvalue weighted by Gasteiger charge is 2.49. The second-order valence-electron chi connectivity index (χ2n) is 2.78. The zero-order chi connectivity index (χ0) is 10.3. The van der Waals surface area contributed by atoms with Gasteiger partial charge in [-0.1, -0.05) is 6.92 Å². The van der Waals surface area contributed by atoms with E-state index < -0.39 is 8.80 Å². The molecule has 0 radical (unpaired) electrons. The fourth-order valence-corrected chi connectivity index (χ4v) is 3.64. The summed E-state index contributed by atoms with van der Waals surface area (Å²) in [6.07, 6.45) is 0.917. The number of rotatable bonds is 7. The van der Waals surface area contributed by atoms with E-state index in [4.69, 9.17) is 13.3 Å². The van der Waals surface area contributed by atoms with Crippen molar-refractivity contribution in [1.82, 2.24) is 0 Å². The van der Waals surface area contributed by atoms with Gasteiger partial charge in [0.1, 0.15) is 0 Å². The Bertz CT molecular complexity index is 134. The van der Waals surface area contributed by atoms with Crippen LogP contribution in [0, 0.1) is 0 Å². The first kappa shape index (κ1) is 16.8. The Hall–Kier alpha value is 0.347. The summed E-state index contributed by atoms with van der Waals surface area (Å²) in [7, 11) is -0.840. The monoisotopic (exact) mass is 243 g/mol. The van der Waals surface area contributed by atoms with Gasteiger partial charge in [0.05, 0.1) is 0 Å². The second-order valence-corrected chi connectivity index (χ2v) is 5.79. The lowest BCUT2D eigenvalue weighted by Crippen LogP contribution is -3.00. The predicted octanol–water partition coefficient (Wildman–Crippen LogP) is -2.79. The average Bonchev–Trinajstić information content (AvgIpc) is 2.16. The fraction of sp³-hybridized carbons (Fsp3) is 1.00. The Labute approximate surface area is 93.9 Å². The van der Waals surface area contributed by atoms with E-state index in [1.165, 1.54) is 0 Å². The van der Waals surface area contributed by atoms with E-state index in [0.717, 1.165) is 6.42 Å². The minimum atomic E-state index is -2.48. The molecule has 0 saturated carbocycles. The molecule has 14 heavy (non-hydrogen) atoms. The molecule has 6 heteroatoms. The SMILES string of the molecule is CCO[Si](OC)(OCC)C([NH3+])CC.[Cl-]. The van der Waals surface area contributed by atoms with Crippen LogP contribution in [0.1, 0.15) is 27.2 Å². The lowest BCUT2D eigenvalue weighted by molar-refractivity contribution is -0.406. The molecular weight excluding hydrogens is 222 g/mol. The van der Waals surface area contributed by atoms with E-state index in [9.17, 15) is 0 Å². The van der Waals surface area contributed by atoms with E-state index >= 15 is 0 Å². The molecule has 0 amide bonds. The molecule has 0 aromatic carbocycles. The lowest BCUT2D eigenvalue weighted by atomic mass is 10.5. The smallest absolute Gasteiger partial charge is 0.561 e. The minimum Gasteiger partial charge on any atom is -1.00 e. The number of halogens is 1.